The molecule has 0 bridgehead atoms. The second-order valence-electron chi connectivity index (χ2n) is 26.5. The van der Waals surface area contributed by atoms with Crippen LogP contribution in [-0.4, -0.2) is 33.7 Å². The summed E-state index contributed by atoms with van der Waals surface area (Å²) in [7, 11) is -14.2. The Hall–Kier alpha value is -10.2. The summed E-state index contributed by atoms with van der Waals surface area (Å²) in [5.41, 5.74) is 19.7. The highest BCUT2D eigenvalue weighted by atomic mass is 32.2. The quantitative estimate of drug-likeness (QED) is 0.0690. The molecule has 12 aromatic carbocycles. The molecule has 0 unspecified atom stereocenters. The van der Waals surface area contributed by atoms with Gasteiger partial charge in [-0.2, -0.15) is 0 Å². The summed E-state index contributed by atoms with van der Waals surface area (Å²) >= 11 is 0. The molecule has 110 heavy (non-hydrogen) atoms. The van der Waals surface area contributed by atoms with Crippen molar-refractivity contribution in [2.24, 2.45) is 5.73 Å². The Morgan fingerprint density at radius 1 is 0.300 bits per heavy atom. The number of nitrogens with two attached hydrogens (primary N) is 1. The Morgan fingerprint density at radius 3 is 0.955 bits per heavy atom. The monoisotopic (exact) mass is 1570 g/mol. The first-order valence-corrected chi connectivity index (χ1v) is 42.0. The lowest BCUT2D eigenvalue weighted by molar-refractivity contribution is 0.585. The Kier molecular flexibility index (Phi) is 27.9. The standard InChI is InChI=1S/C23H23F2NO2S.3C22H20F2O2S/c1-3-23(26)20-6-4-5-17(15(20)2)14-29(27,28)19-10-7-16(8-11-19)21-12-9-18(24)13-22(21)25;2*1-3-16-5-4-6-18(15(16)2)14-27(25,26)20-10-7-17(8-11-20)21-12-9-19(23)13-22(21)24;1-3-16-5-4-6-17(12-16)14-27(25,26)22-10-7-18(11-15(22)2)20-9-8-19(23)13-21(20)24/h4-13,23H,3,14,26H2,1-2H3;3*4-13H,3,14H2,1-2H3/t23-;;;/m1.../s1. The highest BCUT2D eigenvalue weighted by molar-refractivity contribution is 7.91. The van der Waals surface area contributed by atoms with Gasteiger partial charge in [0, 0.05) is 52.6 Å². The van der Waals surface area contributed by atoms with Crippen LogP contribution in [0.3, 0.4) is 0 Å². The zero-order chi connectivity index (χ0) is 80.0. The molecule has 0 aliphatic rings. The van der Waals surface area contributed by atoms with E-state index in [2.05, 4.69) is 0 Å². The van der Waals surface area contributed by atoms with Gasteiger partial charge in [-0.05, 0) is 233 Å². The van der Waals surface area contributed by atoms with E-state index >= 15 is 0 Å². The van der Waals surface area contributed by atoms with Crippen LogP contribution >= 0.6 is 0 Å². The maximum Gasteiger partial charge on any atom is 0.182 e. The first-order valence-electron chi connectivity index (χ1n) is 35.4. The highest BCUT2D eigenvalue weighted by Gasteiger charge is 2.24. The average molecular weight is 1570 g/mol. The molecule has 0 radical (unpaired) electrons. The largest absolute Gasteiger partial charge is 0.324 e. The molecule has 0 amide bonds. The van der Waals surface area contributed by atoms with Gasteiger partial charge in [-0.25, -0.2) is 68.8 Å². The van der Waals surface area contributed by atoms with Crippen LogP contribution in [-0.2, 0) is 81.6 Å². The van der Waals surface area contributed by atoms with E-state index in [9.17, 15) is 68.8 Å². The smallest absolute Gasteiger partial charge is 0.182 e. The van der Waals surface area contributed by atoms with Crippen molar-refractivity contribution >= 4 is 39.3 Å². The summed E-state index contributed by atoms with van der Waals surface area (Å²) in [6, 6.07) is 60.2. The van der Waals surface area contributed by atoms with E-state index in [0.29, 0.717) is 33.4 Å². The minimum atomic E-state index is -3.60. The Bertz CT molecular complexity index is 5610. The summed E-state index contributed by atoms with van der Waals surface area (Å²) in [6.45, 7) is 15.5. The van der Waals surface area contributed by atoms with Crippen molar-refractivity contribution in [1.82, 2.24) is 0 Å². The van der Waals surface area contributed by atoms with Gasteiger partial charge in [0.25, 0.3) is 0 Å². The Labute approximate surface area is 639 Å². The van der Waals surface area contributed by atoms with Crippen LogP contribution < -0.4 is 5.73 Å². The Balaban J connectivity index is 0.000000169. The first kappa shape index (κ1) is 83.9. The van der Waals surface area contributed by atoms with E-state index in [0.717, 1.165) is 106 Å². The van der Waals surface area contributed by atoms with Crippen LogP contribution in [0.25, 0.3) is 44.5 Å². The first-order chi connectivity index (χ1) is 52.1. The molecule has 9 nitrogen and oxygen atoms in total. The second-order valence-corrected chi connectivity index (χ2v) is 34.4. The highest BCUT2D eigenvalue weighted by Crippen LogP contribution is 2.34. The van der Waals surface area contributed by atoms with E-state index in [4.69, 9.17) is 5.73 Å². The van der Waals surface area contributed by atoms with Gasteiger partial charge < -0.3 is 5.73 Å². The molecule has 0 aliphatic carbocycles. The summed E-state index contributed by atoms with van der Waals surface area (Å²) in [5, 5.41) is 0. The molecule has 0 aromatic heterocycles. The van der Waals surface area contributed by atoms with E-state index in [1.54, 1.807) is 55.5 Å². The third-order valence-electron chi connectivity index (χ3n) is 19.1. The number of halogens is 8. The number of aryl methyl sites for hydroxylation is 4. The van der Waals surface area contributed by atoms with Crippen LogP contribution in [0, 0.1) is 74.2 Å². The zero-order valence-corrected chi connectivity index (χ0v) is 65.1. The van der Waals surface area contributed by atoms with Crippen LogP contribution in [0.4, 0.5) is 35.1 Å². The van der Waals surface area contributed by atoms with Crippen molar-refractivity contribution in [2.75, 3.05) is 0 Å². The topological polar surface area (TPSA) is 163 Å². The molecule has 0 aliphatic heterocycles. The van der Waals surface area contributed by atoms with Gasteiger partial charge in [0.15, 0.2) is 39.3 Å². The van der Waals surface area contributed by atoms with Gasteiger partial charge in [-0.1, -0.05) is 155 Å². The lowest BCUT2D eigenvalue weighted by atomic mass is 9.97. The van der Waals surface area contributed by atoms with Gasteiger partial charge >= 0.3 is 0 Å². The van der Waals surface area contributed by atoms with Crippen molar-refractivity contribution in [1.29, 1.82) is 0 Å². The minimum Gasteiger partial charge on any atom is -0.324 e. The third-order valence-corrected chi connectivity index (χ3v) is 26.0. The number of hydrogen-bond acceptors (Lipinski definition) is 9. The minimum absolute atomic E-state index is 0.0864. The van der Waals surface area contributed by atoms with Crippen LogP contribution in [0.5, 0.6) is 0 Å². The van der Waals surface area contributed by atoms with Crippen LogP contribution in [0.15, 0.2) is 262 Å². The molecule has 0 saturated heterocycles. The van der Waals surface area contributed by atoms with E-state index in [-0.39, 0.29) is 70.9 Å². The van der Waals surface area contributed by atoms with Gasteiger partial charge in [0.1, 0.15) is 46.5 Å². The van der Waals surface area contributed by atoms with Gasteiger partial charge in [-0.15, -0.1) is 0 Å². The molecule has 2 N–H and O–H groups in total. The van der Waals surface area contributed by atoms with E-state index in [1.165, 1.54) is 103 Å². The fourth-order valence-electron chi connectivity index (χ4n) is 12.7. The summed E-state index contributed by atoms with van der Waals surface area (Å²) in [5.74, 6) is -5.77. The average Bonchev–Trinajstić information content (AvgIpc) is 0.799. The lowest BCUT2D eigenvalue weighted by Gasteiger charge is -2.16. The number of benzene rings is 12. The van der Waals surface area contributed by atoms with Gasteiger partial charge in [0.05, 0.1) is 42.6 Å². The summed E-state index contributed by atoms with van der Waals surface area (Å²) < 4.78 is 211. The molecule has 0 saturated carbocycles. The zero-order valence-electron chi connectivity index (χ0n) is 61.8. The van der Waals surface area contributed by atoms with Crippen molar-refractivity contribution < 1.29 is 68.8 Å². The molecule has 0 heterocycles. The van der Waals surface area contributed by atoms with Crippen molar-refractivity contribution in [3.05, 3.63) is 356 Å². The molecular formula is C89H83F8NO8S4. The molecule has 12 rings (SSSR count). The van der Waals surface area contributed by atoms with Crippen LogP contribution in [0.1, 0.15) is 107 Å². The predicted molar refractivity (Wildman–Crippen MR) is 421 cm³/mol. The van der Waals surface area contributed by atoms with Crippen molar-refractivity contribution in [2.45, 2.75) is 130 Å². The van der Waals surface area contributed by atoms with E-state index < -0.39 is 85.9 Å². The van der Waals surface area contributed by atoms with Crippen molar-refractivity contribution in [3.8, 4) is 44.5 Å². The van der Waals surface area contributed by atoms with Crippen molar-refractivity contribution in [3.63, 3.8) is 0 Å². The SMILES string of the molecule is CC[C@@H](N)c1cccc(CS(=O)(=O)c2ccc(-c3ccc(F)cc3F)cc2)c1C.CCc1cccc(CS(=O)(=O)c2ccc(-c3ccc(F)cc3F)cc2)c1C.CCc1cccc(CS(=O)(=O)c2ccc(-c3ccc(F)cc3F)cc2)c1C.CCc1cccc(CS(=O)(=O)c2ccc(-c3ccc(F)cc3F)cc2C)c1. The second kappa shape index (κ2) is 36.6. The number of rotatable bonds is 21. The fourth-order valence-corrected chi connectivity index (χ4v) is 18.6. The molecule has 572 valence electrons. The van der Waals surface area contributed by atoms with E-state index in [1.807, 2.05) is 115 Å². The number of hydrogen-bond donors (Lipinski definition) is 1. The lowest BCUT2D eigenvalue weighted by Crippen LogP contribution is -2.13. The summed E-state index contributed by atoms with van der Waals surface area (Å²) in [6.07, 6.45) is 3.29. The molecule has 12 aromatic rings. The molecular weight excluding hydrogens is 1490 g/mol. The fraction of sp³-hybridized carbons (Fsp3) is 0.191. The predicted octanol–water partition coefficient (Wildman–Crippen LogP) is 21.8. The normalized spacial score (nSPS) is 11.9. The van der Waals surface area contributed by atoms with Gasteiger partial charge in [0.2, 0.25) is 0 Å². The molecule has 0 spiro atoms. The molecule has 0 fully saturated rings. The summed E-state index contributed by atoms with van der Waals surface area (Å²) in [4.78, 5) is 0.717. The van der Waals surface area contributed by atoms with Gasteiger partial charge in [-0.3, -0.25) is 0 Å². The third kappa shape index (κ3) is 21.0. The maximum absolute atomic E-state index is 14.0. The maximum atomic E-state index is 14.0. The molecule has 1 atom stereocenters. The molecule has 21 heteroatoms. The Morgan fingerprint density at radius 2 is 0.618 bits per heavy atom. The number of sulfone groups is 4. The van der Waals surface area contributed by atoms with Crippen LogP contribution in [0.2, 0.25) is 0 Å².